The summed E-state index contributed by atoms with van der Waals surface area (Å²) in [5.74, 6) is -0.793. The third-order valence-electron chi connectivity index (χ3n) is 5.10. The third kappa shape index (κ3) is 4.93. The van der Waals surface area contributed by atoms with Crippen LogP contribution in [0.3, 0.4) is 0 Å². The maximum Gasteiger partial charge on any atom is 0.573 e. The lowest BCUT2D eigenvalue weighted by Crippen LogP contribution is -2.17. The van der Waals surface area contributed by atoms with Gasteiger partial charge in [-0.05, 0) is 67.1 Å². The Labute approximate surface area is 181 Å². The van der Waals surface area contributed by atoms with E-state index in [9.17, 15) is 22.9 Å². The van der Waals surface area contributed by atoms with Gasteiger partial charge in [0.15, 0.2) is 0 Å². The summed E-state index contributed by atoms with van der Waals surface area (Å²) in [5.41, 5.74) is 3.79. The van der Waals surface area contributed by atoms with Crippen LogP contribution in [0, 0.1) is 11.8 Å². The molecule has 1 amide bonds. The molecule has 2 aromatic carbocycles. The molecule has 9 heteroatoms. The summed E-state index contributed by atoms with van der Waals surface area (Å²) < 4.78 is 41.5. The van der Waals surface area contributed by atoms with E-state index in [1.54, 1.807) is 31.2 Å². The van der Waals surface area contributed by atoms with Crippen molar-refractivity contribution in [2.24, 2.45) is 5.18 Å². The van der Waals surface area contributed by atoms with Crippen molar-refractivity contribution in [1.29, 1.82) is 0 Å². The predicted molar refractivity (Wildman–Crippen MR) is 113 cm³/mol. The van der Waals surface area contributed by atoms with Gasteiger partial charge in [-0.25, -0.2) is 0 Å². The van der Waals surface area contributed by atoms with Crippen molar-refractivity contribution in [1.82, 2.24) is 4.98 Å². The van der Waals surface area contributed by atoms with Crippen molar-refractivity contribution in [3.8, 4) is 17.0 Å². The van der Waals surface area contributed by atoms with E-state index in [4.69, 9.17) is 0 Å². The van der Waals surface area contributed by atoms with E-state index < -0.39 is 12.3 Å². The van der Waals surface area contributed by atoms with Crippen molar-refractivity contribution in [2.75, 3.05) is 5.32 Å². The molecule has 6 nitrogen and oxygen atoms in total. The van der Waals surface area contributed by atoms with E-state index in [-0.39, 0.29) is 11.3 Å². The molecule has 1 aromatic heterocycles. The van der Waals surface area contributed by atoms with E-state index in [0.29, 0.717) is 34.1 Å². The molecular weight excluding hydrogens is 423 g/mol. The van der Waals surface area contributed by atoms with E-state index in [1.165, 1.54) is 24.4 Å². The lowest BCUT2D eigenvalue weighted by Gasteiger charge is -2.14. The number of hydrogen-bond donors (Lipinski definition) is 1. The Morgan fingerprint density at radius 3 is 2.59 bits per heavy atom. The van der Waals surface area contributed by atoms with E-state index >= 15 is 0 Å². The smallest absolute Gasteiger partial charge is 0.406 e. The SMILES string of the molecule is Cc1cc(Nc2ccc(C3CC3)cc2C(=O)N=O)cnc1-c1cccc(OC(F)(F)F)c1. The molecule has 1 aliphatic carbocycles. The van der Waals surface area contributed by atoms with Gasteiger partial charge < -0.3 is 10.1 Å². The fraction of sp³-hybridized carbons (Fsp3) is 0.217. The maximum atomic E-state index is 12.5. The first-order valence-corrected chi connectivity index (χ1v) is 9.85. The number of alkyl halides is 3. The maximum absolute atomic E-state index is 12.5. The van der Waals surface area contributed by atoms with Crippen molar-refractivity contribution >= 4 is 17.3 Å². The second-order valence-electron chi connectivity index (χ2n) is 7.57. The van der Waals surface area contributed by atoms with Gasteiger partial charge >= 0.3 is 12.3 Å². The highest BCUT2D eigenvalue weighted by Crippen LogP contribution is 2.41. The number of nitroso groups, excluding NO2 is 1. The highest BCUT2D eigenvalue weighted by molar-refractivity contribution is 6.01. The molecule has 164 valence electrons. The molecule has 3 aromatic rings. The standard InChI is InChI=1S/C23H18F3N3O3/c1-13-9-17(12-27-21(13)16-3-2-4-18(10-16)32-23(24,25)26)28-20-8-7-15(14-5-6-14)11-19(20)22(30)29-31/h2-4,7-12,14,28H,5-6H2,1H3. The van der Waals surface area contributed by atoms with E-state index in [1.807, 2.05) is 6.07 Å². The monoisotopic (exact) mass is 441 g/mol. The van der Waals surface area contributed by atoms with Gasteiger partial charge in [-0.1, -0.05) is 18.2 Å². The van der Waals surface area contributed by atoms with Crippen LogP contribution in [0.1, 0.15) is 40.2 Å². The molecule has 1 aliphatic rings. The Morgan fingerprint density at radius 2 is 1.94 bits per heavy atom. The van der Waals surface area contributed by atoms with Gasteiger partial charge in [-0.15, -0.1) is 18.1 Å². The Bertz CT molecular complexity index is 1190. The number of pyridine rings is 1. The zero-order valence-electron chi connectivity index (χ0n) is 16.9. The summed E-state index contributed by atoms with van der Waals surface area (Å²) in [7, 11) is 0. The molecule has 0 radical (unpaired) electrons. The number of amides is 1. The molecule has 1 fully saturated rings. The Hall–Kier alpha value is -3.75. The molecule has 1 saturated carbocycles. The second-order valence-corrected chi connectivity index (χ2v) is 7.57. The minimum atomic E-state index is -4.78. The molecule has 0 unspecified atom stereocenters. The van der Waals surface area contributed by atoms with Crippen LogP contribution in [0.2, 0.25) is 0 Å². The van der Waals surface area contributed by atoms with Gasteiger partial charge in [-0.2, -0.15) is 0 Å². The number of aromatic nitrogens is 1. The third-order valence-corrected chi connectivity index (χ3v) is 5.10. The van der Waals surface area contributed by atoms with Crippen LogP contribution in [0.25, 0.3) is 11.3 Å². The summed E-state index contributed by atoms with van der Waals surface area (Å²) in [4.78, 5) is 27.2. The molecule has 0 bridgehead atoms. The number of nitrogens with zero attached hydrogens (tertiary/aromatic N) is 2. The number of halogens is 3. The van der Waals surface area contributed by atoms with Gasteiger partial charge in [0, 0.05) is 10.7 Å². The van der Waals surface area contributed by atoms with Gasteiger partial charge in [0.2, 0.25) is 0 Å². The van der Waals surface area contributed by atoms with Gasteiger partial charge in [0.1, 0.15) is 5.75 Å². The second kappa shape index (κ2) is 8.41. The largest absolute Gasteiger partial charge is 0.573 e. The van der Waals surface area contributed by atoms with Crippen LogP contribution in [0.15, 0.2) is 59.9 Å². The summed E-state index contributed by atoms with van der Waals surface area (Å²) in [6, 6.07) is 12.6. The molecule has 4 rings (SSSR count). The number of ether oxygens (including phenoxy) is 1. The summed E-state index contributed by atoms with van der Waals surface area (Å²) in [6.07, 6.45) is -1.18. The summed E-state index contributed by atoms with van der Waals surface area (Å²) in [5, 5.41) is 5.63. The molecule has 1 heterocycles. The van der Waals surface area contributed by atoms with Crippen molar-refractivity contribution in [3.63, 3.8) is 0 Å². The predicted octanol–water partition coefficient (Wildman–Crippen LogP) is 6.48. The van der Waals surface area contributed by atoms with Crippen molar-refractivity contribution < 1.29 is 22.7 Å². The van der Waals surface area contributed by atoms with Crippen LogP contribution in [-0.2, 0) is 0 Å². The Morgan fingerprint density at radius 1 is 1.16 bits per heavy atom. The molecule has 0 atom stereocenters. The minimum Gasteiger partial charge on any atom is -0.406 e. The molecular formula is C23H18F3N3O3. The van der Waals surface area contributed by atoms with E-state index in [0.717, 1.165) is 18.4 Å². The van der Waals surface area contributed by atoms with Gasteiger partial charge in [0.25, 0.3) is 0 Å². The average Bonchev–Trinajstić information content (AvgIpc) is 3.58. The molecule has 0 saturated heterocycles. The highest BCUT2D eigenvalue weighted by Gasteiger charge is 2.31. The van der Waals surface area contributed by atoms with Crippen LogP contribution in [0.5, 0.6) is 5.75 Å². The fourth-order valence-corrected chi connectivity index (χ4v) is 3.51. The average molecular weight is 441 g/mol. The lowest BCUT2D eigenvalue weighted by molar-refractivity contribution is -0.274. The van der Waals surface area contributed by atoms with Crippen LogP contribution in [0.4, 0.5) is 24.5 Å². The zero-order valence-corrected chi connectivity index (χ0v) is 16.9. The minimum absolute atomic E-state index is 0.183. The van der Waals surface area contributed by atoms with Crippen molar-refractivity contribution in [3.05, 3.63) is 76.3 Å². The first-order chi connectivity index (χ1) is 15.2. The Balaban J connectivity index is 1.60. The molecule has 0 spiro atoms. The summed E-state index contributed by atoms with van der Waals surface area (Å²) >= 11 is 0. The molecule has 32 heavy (non-hydrogen) atoms. The van der Waals surface area contributed by atoms with Crippen LogP contribution >= 0.6 is 0 Å². The quantitative estimate of drug-likeness (QED) is 0.443. The van der Waals surface area contributed by atoms with Crippen LogP contribution in [-0.4, -0.2) is 17.3 Å². The van der Waals surface area contributed by atoms with Gasteiger partial charge in [0.05, 0.1) is 28.8 Å². The number of nitrogens with one attached hydrogen (secondary N) is 1. The molecule has 0 aliphatic heterocycles. The highest BCUT2D eigenvalue weighted by atomic mass is 19.4. The number of rotatable bonds is 6. The Kier molecular flexibility index (Phi) is 5.65. The fourth-order valence-electron chi connectivity index (χ4n) is 3.51. The topological polar surface area (TPSA) is 80.7 Å². The number of benzene rings is 2. The first kappa shape index (κ1) is 21.5. The van der Waals surface area contributed by atoms with Gasteiger partial charge in [-0.3, -0.25) is 9.78 Å². The first-order valence-electron chi connectivity index (χ1n) is 9.85. The van der Waals surface area contributed by atoms with Crippen LogP contribution < -0.4 is 10.1 Å². The van der Waals surface area contributed by atoms with E-state index in [2.05, 4.69) is 20.2 Å². The normalized spacial score (nSPS) is 13.5. The van der Waals surface area contributed by atoms with Crippen molar-refractivity contribution in [2.45, 2.75) is 32.0 Å². The number of carbonyl (C=O) groups is 1. The summed E-state index contributed by atoms with van der Waals surface area (Å²) in [6.45, 7) is 1.76. The number of aryl methyl sites for hydroxylation is 1. The lowest BCUT2D eigenvalue weighted by atomic mass is 10.0. The molecule has 1 N–H and O–H groups in total. The number of carbonyl (C=O) groups excluding carboxylic acids is 1. The number of anilines is 2. The number of hydrogen-bond acceptors (Lipinski definition) is 5. The zero-order chi connectivity index (χ0) is 22.9.